The van der Waals surface area contributed by atoms with E-state index in [2.05, 4.69) is 45.0 Å². The molecule has 0 saturated heterocycles. The lowest BCUT2D eigenvalue weighted by atomic mass is 9.94. The van der Waals surface area contributed by atoms with Crippen LogP contribution in [0.3, 0.4) is 0 Å². The van der Waals surface area contributed by atoms with Gasteiger partial charge in [0.05, 0.1) is 6.61 Å². The van der Waals surface area contributed by atoms with Gasteiger partial charge in [0, 0.05) is 0 Å². The molecule has 0 atom stereocenters. The first-order chi connectivity index (χ1) is 6.65. The largest absolute Gasteiger partial charge is 0.392 e. The molecule has 0 aliphatic carbocycles. The van der Waals surface area contributed by atoms with Crippen molar-refractivity contribution in [3.8, 4) is 0 Å². The topological polar surface area (TPSA) is 20.2 Å². The Morgan fingerprint density at radius 3 is 2.64 bits per heavy atom. The lowest BCUT2D eigenvalue weighted by Gasteiger charge is -2.12. The van der Waals surface area contributed by atoms with Crippen LogP contribution in [0.25, 0.3) is 5.57 Å². The van der Waals surface area contributed by atoms with Crippen LogP contribution in [0.15, 0.2) is 30.3 Å². The summed E-state index contributed by atoms with van der Waals surface area (Å²) in [7, 11) is 0. The van der Waals surface area contributed by atoms with Gasteiger partial charge in [-0.2, -0.15) is 0 Å². The summed E-state index contributed by atoms with van der Waals surface area (Å²) < 4.78 is 0. The third-order valence-electron chi connectivity index (χ3n) is 2.28. The third kappa shape index (κ3) is 2.71. The summed E-state index contributed by atoms with van der Waals surface area (Å²) in [6, 6.07) is 8.38. The van der Waals surface area contributed by atoms with Crippen LogP contribution < -0.4 is 0 Å². The second kappa shape index (κ2) is 4.97. The summed E-state index contributed by atoms with van der Waals surface area (Å²) in [4.78, 5) is 0. The summed E-state index contributed by atoms with van der Waals surface area (Å²) in [5, 5.41) is 8.94. The van der Waals surface area contributed by atoms with Crippen molar-refractivity contribution in [2.75, 3.05) is 6.61 Å². The molecule has 0 aromatic heterocycles. The highest BCUT2D eigenvalue weighted by atomic mass is 16.2. The van der Waals surface area contributed by atoms with Crippen molar-refractivity contribution in [1.82, 2.24) is 0 Å². The highest BCUT2D eigenvalue weighted by molar-refractivity contribution is 5.67. The first-order valence-electron chi connectivity index (χ1n) is 5.03. The summed E-state index contributed by atoms with van der Waals surface area (Å²) >= 11 is 0. The molecule has 0 aliphatic heterocycles. The van der Waals surface area contributed by atoms with Crippen LogP contribution >= 0.6 is 0 Å². The molecular weight excluding hydrogens is 172 g/mol. The van der Waals surface area contributed by atoms with Gasteiger partial charge in [-0.15, -0.1) is 0 Å². The highest BCUT2D eigenvalue weighted by Crippen LogP contribution is 2.23. The molecule has 14 heavy (non-hydrogen) atoms. The molecule has 1 N–H and O–H groups in total. The minimum Gasteiger partial charge on any atom is -0.392 e. The van der Waals surface area contributed by atoms with E-state index in [1.807, 2.05) is 6.08 Å². The van der Waals surface area contributed by atoms with Crippen molar-refractivity contribution in [2.24, 2.45) is 5.92 Å². The lowest BCUT2D eigenvalue weighted by Crippen LogP contribution is -1.95. The Morgan fingerprint density at radius 1 is 1.43 bits per heavy atom. The third-order valence-corrected chi connectivity index (χ3v) is 2.28. The Hall–Kier alpha value is -1.08. The fourth-order valence-corrected chi connectivity index (χ4v) is 1.61. The predicted molar refractivity (Wildman–Crippen MR) is 61.1 cm³/mol. The van der Waals surface area contributed by atoms with Crippen molar-refractivity contribution in [2.45, 2.75) is 20.8 Å². The molecule has 0 bridgehead atoms. The molecular formula is C13H18O. The number of aliphatic hydroxyl groups excluding tert-OH is 1. The number of allylic oxidation sites excluding steroid dienone is 1. The van der Waals surface area contributed by atoms with Crippen LogP contribution in [-0.4, -0.2) is 11.7 Å². The summed E-state index contributed by atoms with van der Waals surface area (Å²) in [6.45, 7) is 6.48. The van der Waals surface area contributed by atoms with E-state index >= 15 is 0 Å². The standard InChI is InChI=1S/C13H18O/c1-10(2)13(7-8-14)12-6-4-5-11(3)9-12/h4-7,9-10,14H,8H2,1-3H3/b13-7+. The molecule has 0 heterocycles. The van der Waals surface area contributed by atoms with E-state index in [0.29, 0.717) is 5.92 Å². The van der Waals surface area contributed by atoms with Gasteiger partial charge >= 0.3 is 0 Å². The Bertz CT molecular complexity index is 324. The summed E-state index contributed by atoms with van der Waals surface area (Å²) in [5.74, 6) is 0.448. The molecule has 1 rings (SSSR count). The monoisotopic (exact) mass is 190 g/mol. The van der Waals surface area contributed by atoms with Crippen LogP contribution in [0.5, 0.6) is 0 Å². The minimum absolute atomic E-state index is 0.113. The van der Waals surface area contributed by atoms with Gasteiger partial charge in [0.1, 0.15) is 0 Å². The van der Waals surface area contributed by atoms with Crippen molar-refractivity contribution in [3.05, 3.63) is 41.5 Å². The van der Waals surface area contributed by atoms with E-state index in [0.717, 1.165) is 0 Å². The van der Waals surface area contributed by atoms with Crippen molar-refractivity contribution < 1.29 is 5.11 Å². The zero-order valence-corrected chi connectivity index (χ0v) is 9.12. The maximum atomic E-state index is 8.94. The van der Waals surface area contributed by atoms with E-state index in [1.54, 1.807) is 0 Å². The molecule has 0 amide bonds. The van der Waals surface area contributed by atoms with Gasteiger partial charge in [-0.3, -0.25) is 0 Å². The van der Waals surface area contributed by atoms with Crippen LogP contribution in [0.1, 0.15) is 25.0 Å². The fraction of sp³-hybridized carbons (Fsp3) is 0.385. The summed E-state index contributed by atoms with van der Waals surface area (Å²) in [6.07, 6.45) is 1.89. The molecule has 1 aromatic carbocycles. The maximum absolute atomic E-state index is 8.94. The fourth-order valence-electron chi connectivity index (χ4n) is 1.61. The zero-order valence-electron chi connectivity index (χ0n) is 9.12. The summed E-state index contributed by atoms with van der Waals surface area (Å²) in [5.41, 5.74) is 3.69. The van der Waals surface area contributed by atoms with Gasteiger partial charge < -0.3 is 5.11 Å². The van der Waals surface area contributed by atoms with Gasteiger partial charge in [0.15, 0.2) is 0 Å². The van der Waals surface area contributed by atoms with Gasteiger partial charge in [0.25, 0.3) is 0 Å². The normalized spacial score (nSPS) is 12.2. The Balaban J connectivity index is 3.06. The van der Waals surface area contributed by atoms with Gasteiger partial charge in [0.2, 0.25) is 0 Å². The van der Waals surface area contributed by atoms with Crippen LogP contribution in [-0.2, 0) is 0 Å². The zero-order chi connectivity index (χ0) is 10.6. The first-order valence-corrected chi connectivity index (χ1v) is 5.03. The average molecular weight is 190 g/mol. The van der Waals surface area contributed by atoms with E-state index in [1.165, 1.54) is 16.7 Å². The molecule has 0 unspecified atom stereocenters. The smallest absolute Gasteiger partial charge is 0.0618 e. The molecule has 1 aromatic rings. The number of benzene rings is 1. The Morgan fingerprint density at radius 2 is 2.14 bits per heavy atom. The van der Waals surface area contributed by atoms with E-state index in [-0.39, 0.29) is 6.61 Å². The van der Waals surface area contributed by atoms with Crippen molar-refractivity contribution >= 4 is 5.57 Å². The van der Waals surface area contributed by atoms with Crippen molar-refractivity contribution in [1.29, 1.82) is 0 Å². The maximum Gasteiger partial charge on any atom is 0.0618 e. The van der Waals surface area contributed by atoms with Crippen LogP contribution in [0, 0.1) is 12.8 Å². The van der Waals surface area contributed by atoms with E-state index in [9.17, 15) is 0 Å². The molecule has 0 spiro atoms. The number of hydrogen-bond donors (Lipinski definition) is 1. The quantitative estimate of drug-likeness (QED) is 0.776. The number of hydrogen-bond acceptors (Lipinski definition) is 1. The molecule has 1 heteroatoms. The molecule has 0 fully saturated rings. The van der Waals surface area contributed by atoms with Crippen LogP contribution in [0.4, 0.5) is 0 Å². The highest BCUT2D eigenvalue weighted by Gasteiger charge is 2.05. The number of aliphatic hydroxyl groups is 1. The van der Waals surface area contributed by atoms with Gasteiger partial charge in [-0.25, -0.2) is 0 Å². The molecule has 1 nitrogen and oxygen atoms in total. The Kier molecular flexibility index (Phi) is 3.90. The molecule has 76 valence electrons. The molecule has 0 saturated carbocycles. The second-order valence-electron chi connectivity index (χ2n) is 3.87. The number of rotatable bonds is 3. The first kappa shape index (κ1) is 11.0. The van der Waals surface area contributed by atoms with Gasteiger partial charge in [-0.1, -0.05) is 49.8 Å². The molecule has 0 radical (unpaired) electrons. The predicted octanol–water partition coefficient (Wildman–Crippen LogP) is 3.03. The second-order valence-corrected chi connectivity index (χ2v) is 3.87. The van der Waals surface area contributed by atoms with Crippen molar-refractivity contribution in [3.63, 3.8) is 0 Å². The average Bonchev–Trinajstić information content (AvgIpc) is 2.13. The number of aryl methyl sites for hydroxylation is 1. The Labute approximate surface area is 86.1 Å². The SMILES string of the molecule is Cc1cccc(/C(=C/CO)C(C)C)c1. The lowest BCUT2D eigenvalue weighted by molar-refractivity contribution is 0.342. The minimum atomic E-state index is 0.113. The van der Waals surface area contributed by atoms with E-state index < -0.39 is 0 Å². The molecule has 0 aliphatic rings. The van der Waals surface area contributed by atoms with Gasteiger partial charge in [-0.05, 0) is 24.0 Å². The van der Waals surface area contributed by atoms with E-state index in [4.69, 9.17) is 5.11 Å². The van der Waals surface area contributed by atoms with Crippen LogP contribution in [0.2, 0.25) is 0 Å².